The van der Waals surface area contributed by atoms with Gasteiger partial charge in [0, 0.05) is 18.8 Å². The summed E-state index contributed by atoms with van der Waals surface area (Å²) in [5, 5.41) is 0. The highest BCUT2D eigenvalue weighted by Gasteiger charge is 2.35. The topological polar surface area (TPSA) is 26.3 Å². The maximum absolute atomic E-state index is 11.6. The van der Waals surface area contributed by atoms with Crippen LogP contribution >= 0.6 is 0 Å². The molecule has 3 aliphatic rings. The van der Waals surface area contributed by atoms with Crippen molar-refractivity contribution in [2.24, 2.45) is 5.92 Å². The normalized spacial score (nSPS) is 30.7. The van der Waals surface area contributed by atoms with Crippen LogP contribution in [0.15, 0.2) is 23.0 Å². The summed E-state index contributed by atoms with van der Waals surface area (Å²) in [4.78, 5) is 11.6. The summed E-state index contributed by atoms with van der Waals surface area (Å²) in [7, 11) is 0. The minimum Gasteiger partial charge on any atom is -0.498 e. The number of allylic oxidation sites excluding steroid dienone is 4. The summed E-state index contributed by atoms with van der Waals surface area (Å²) in [6, 6.07) is 0. The molecule has 3 rings (SSSR count). The van der Waals surface area contributed by atoms with E-state index in [1.165, 1.54) is 16.9 Å². The van der Waals surface area contributed by atoms with Crippen LogP contribution in [0.1, 0.15) is 32.1 Å². The molecule has 1 atom stereocenters. The van der Waals surface area contributed by atoms with Gasteiger partial charge in [0.1, 0.15) is 5.78 Å². The van der Waals surface area contributed by atoms with Gasteiger partial charge < -0.3 is 4.74 Å². The van der Waals surface area contributed by atoms with Gasteiger partial charge in [-0.15, -0.1) is 0 Å². The third-order valence-electron chi connectivity index (χ3n) is 3.48. The molecule has 14 heavy (non-hydrogen) atoms. The second kappa shape index (κ2) is 2.97. The van der Waals surface area contributed by atoms with Gasteiger partial charge in [0.15, 0.2) is 0 Å². The molecule has 1 heterocycles. The minimum absolute atomic E-state index is 0.218. The number of rotatable bonds is 0. The van der Waals surface area contributed by atoms with E-state index in [1.54, 1.807) is 0 Å². The molecule has 0 fully saturated rings. The van der Waals surface area contributed by atoms with Crippen LogP contribution < -0.4 is 0 Å². The fourth-order valence-corrected chi connectivity index (χ4v) is 2.79. The van der Waals surface area contributed by atoms with E-state index >= 15 is 0 Å². The zero-order valence-corrected chi connectivity index (χ0v) is 8.21. The molecule has 74 valence electrons. The first-order valence-corrected chi connectivity index (χ1v) is 5.44. The molecule has 0 radical (unpaired) electrons. The number of hydrogen-bond donors (Lipinski definition) is 0. The van der Waals surface area contributed by atoms with Gasteiger partial charge in [0.2, 0.25) is 0 Å². The van der Waals surface area contributed by atoms with Crippen molar-refractivity contribution in [2.75, 3.05) is 6.61 Å². The van der Waals surface area contributed by atoms with Crippen molar-refractivity contribution in [1.82, 2.24) is 0 Å². The van der Waals surface area contributed by atoms with Gasteiger partial charge in [-0.05, 0) is 30.4 Å². The van der Waals surface area contributed by atoms with Gasteiger partial charge >= 0.3 is 0 Å². The lowest BCUT2D eigenvalue weighted by Crippen LogP contribution is -2.21. The maximum Gasteiger partial charge on any atom is 0.144 e. The molecule has 2 heteroatoms. The third-order valence-corrected chi connectivity index (χ3v) is 3.48. The van der Waals surface area contributed by atoms with Crippen molar-refractivity contribution in [3.05, 3.63) is 23.0 Å². The molecule has 0 aromatic carbocycles. The van der Waals surface area contributed by atoms with Crippen molar-refractivity contribution >= 4 is 5.78 Å². The van der Waals surface area contributed by atoms with Gasteiger partial charge in [-0.1, -0.05) is 6.08 Å². The quantitative estimate of drug-likeness (QED) is 0.586. The number of carbonyl (C=O) groups excluding carboxylic acids is 1. The zero-order valence-electron chi connectivity index (χ0n) is 8.21. The van der Waals surface area contributed by atoms with Crippen LogP contribution in [-0.4, -0.2) is 12.4 Å². The first-order valence-electron chi connectivity index (χ1n) is 5.44. The van der Waals surface area contributed by atoms with Crippen LogP contribution in [0.3, 0.4) is 0 Å². The van der Waals surface area contributed by atoms with Crippen molar-refractivity contribution in [2.45, 2.75) is 32.1 Å². The molecular weight excluding hydrogens is 176 g/mol. The molecule has 0 aromatic heterocycles. The largest absolute Gasteiger partial charge is 0.498 e. The fourth-order valence-electron chi connectivity index (χ4n) is 2.79. The van der Waals surface area contributed by atoms with Crippen molar-refractivity contribution in [3.8, 4) is 0 Å². The van der Waals surface area contributed by atoms with E-state index in [9.17, 15) is 4.79 Å². The Morgan fingerprint density at radius 2 is 2.29 bits per heavy atom. The lowest BCUT2D eigenvalue weighted by molar-refractivity contribution is -0.120. The van der Waals surface area contributed by atoms with E-state index in [-0.39, 0.29) is 5.92 Å². The van der Waals surface area contributed by atoms with Crippen LogP contribution in [0.4, 0.5) is 0 Å². The summed E-state index contributed by atoms with van der Waals surface area (Å²) in [5.41, 5.74) is 2.66. The first kappa shape index (κ1) is 8.27. The zero-order chi connectivity index (χ0) is 9.54. The van der Waals surface area contributed by atoms with E-state index in [2.05, 4.69) is 6.08 Å². The molecule has 2 nitrogen and oxygen atoms in total. The summed E-state index contributed by atoms with van der Waals surface area (Å²) < 4.78 is 5.65. The Morgan fingerprint density at radius 1 is 1.36 bits per heavy atom. The molecule has 0 saturated heterocycles. The second-order valence-electron chi connectivity index (χ2n) is 4.27. The molecule has 1 aliphatic heterocycles. The predicted molar refractivity (Wildman–Crippen MR) is 52.6 cm³/mol. The van der Waals surface area contributed by atoms with Crippen molar-refractivity contribution in [1.29, 1.82) is 0 Å². The average molecular weight is 190 g/mol. The molecule has 2 aliphatic carbocycles. The number of ether oxygens (including phenoxy) is 1. The van der Waals surface area contributed by atoms with Crippen molar-refractivity contribution in [3.63, 3.8) is 0 Å². The molecular formula is C12H14O2. The summed E-state index contributed by atoms with van der Waals surface area (Å²) in [5.74, 6) is 1.81. The fraction of sp³-hybridized carbons (Fsp3) is 0.583. The van der Waals surface area contributed by atoms with Gasteiger partial charge in [-0.3, -0.25) is 4.79 Å². The highest BCUT2D eigenvalue weighted by Crippen LogP contribution is 2.43. The van der Waals surface area contributed by atoms with Crippen LogP contribution in [0, 0.1) is 5.92 Å². The Balaban J connectivity index is 2.01. The minimum atomic E-state index is 0.218. The third kappa shape index (κ3) is 1.06. The highest BCUT2D eigenvalue weighted by atomic mass is 16.5. The van der Waals surface area contributed by atoms with E-state index in [4.69, 9.17) is 4.74 Å². The van der Waals surface area contributed by atoms with Gasteiger partial charge in [0.25, 0.3) is 0 Å². The Morgan fingerprint density at radius 3 is 3.21 bits per heavy atom. The molecule has 0 aromatic rings. The van der Waals surface area contributed by atoms with Crippen LogP contribution in [0.5, 0.6) is 0 Å². The smallest absolute Gasteiger partial charge is 0.144 e. The highest BCUT2D eigenvalue weighted by molar-refractivity contribution is 5.90. The summed E-state index contributed by atoms with van der Waals surface area (Å²) in [6.07, 6.45) is 6.95. The number of hydrogen-bond acceptors (Lipinski definition) is 2. The monoisotopic (exact) mass is 190 g/mol. The van der Waals surface area contributed by atoms with Crippen LogP contribution in [0.2, 0.25) is 0 Å². The SMILES string of the molecule is O=C1CC=C2C3=C(CCC12)OCCC3. The molecule has 0 saturated carbocycles. The molecule has 0 amide bonds. The van der Waals surface area contributed by atoms with E-state index in [0.29, 0.717) is 12.2 Å². The average Bonchev–Trinajstić information content (AvgIpc) is 2.61. The Bertz CT molecular complexity index is 349. The molecule has 0 bridgehead atoms. The summed E-state index contributed by atoms with van der Waals surface area (Å²) in [6.45, 7) is 0.866. The van der Waals surface area contributed by atoms with E-state index in [1.807, 2.05) is 0 Å². The Labute approximate surface area is 83.6 Å². The number of fused-ring (bicyclic) bond motifs is 2. The summed E-state index contributed by atoms with van der Waals surface area (Å²) >= 11 is 0. The first-order chi connectivity index (χ1) is 6.86. The van der Waals surface area contributed by atoms with Crippen molar-refractivity contribution < 1.29 is 9.53 Å². The van der Waals surface area contributed by atoms with Gasteiger partial charge in [-0.2, -0.15) is 0 Å². The Kier molecular flexibility index (Phi) is 1.76. The van der Waals surface area contributed by atoms with E-state index < -0.39 is 0 Å². The van der Waals surface area contributed by atoms with Gasteiger partial charge in [-0.25, -0.2) is 0 Å². The lowest BCUT2D eigenvalue weighted by Gasteiger charge is -2.29. The number of Topliss-reactive ketones (excluding diaryl/α,β-unsaturated/α-hetero) is 1. The Hall–Kier alpha value is -1.05. The van der Waals surface area contributed by atoms with Crippen LogP contribution in [-0.2, 0) is 9.53 Å². The molecule has 0 spiro atoms. The second-order valence-corrected chi connectivity index (χ2v) is 4.27. The molecule has 0 N–H and O–H groups in total. The number of ketones is 1. The van der Waals surface area contributed by atoms with Crippen LogP contribution in [0.25, 0.3) is 0 Å². The standard InChI is InChI=1S/C12H14O2/c13-11-5-3-8-9(11)4-6-12-10(8)2-1-7-14-12/h3,9H,1-2,4-7H2. The van der Waals surface area contributed by atoms with E-state index in [0.717, 1.165) is 32.3 Å². The predicted octanol–water partition coefficient (Wildman–Crippen LogP) is 2.36. The van der Waals surface area contributed by atoms with Gasteiger partial charge in [0.05, 0.1) is 12.4 Å². The maximum atomic E-state index is 11.6. The lowest BCUT2D eigenvalue weighted by atomic mass is 9.81. The molecule has 1 unspecified atom stereocenters. The number of carbonyl (C=O) groups is 1.